The number of ether oxygens (including phenoxy) is 1. The van der Waals surface area contributed by atoms with E-state index in [2.05, 4.69) is 5.32 Å². The van der Waals surface area contributed by atoms with Crippen LogP contribution >= 0.6 is 0 Å². The minimum absolute atomic E-state index is 0.0231. The van der Waals surface area contributed by atoms with Crippen molar-refractivity contribution in [3.05, 3.63) is 35.4 Å². The van der Waals surface area contributed by atoms with E-state index in [4.69, 9.17) is 4.74 Å². The predicted molar refractivity (Wildman–Crippen MR) is 80.1 cm³/mol. The molecule has 0 aromatic heterocycles. The second kappa shape index (κ2) is 9.13. The van der Waals surface area contributed by atoms with Crippen molar-refractivity contribution in [3.63, 3.8) is 0 Å². The molecule has 0 fully saturated rings. The monoisotopic (exact) mass is 293 g/mol. The molecule has 1 atom stereocenters. The van der Waals surface area contributed by atoms with Gasteiger partial charge in [0.05, 0.1) is 5.92 Å². The molecule has 1 rings (SSSR count). The Morgan fingerprint density at radius 1 is 1.29 bits per heavy atom. The van der Waals surface area contributed by atoms with E-state index >= 15 is 0 Å². The van der Waals surface area contributed by atoms with Crippen LogP contribution in [0.5, 0.6) is 0 Å². The van der Waals surface area contributed by atoms with Crippen molar-refractivity contribution in [2.24, 2.45) is 5.92 Å². The molecular formula is C16H23NO4. The molecule has 0 saturated heterocycles. The number of carboxylic acids is 1. The third kappa shape index (κ3) is 6.90. The molecule has 0 heterocycles. The van der Waals surface area contributed by atoms with Crippen LogP contribution in [0.4, 0.5) is 0 Å². The highest BCUT2D eigenvalue weighted by Gasteiger charge is 2.18. The van der Waals surface area contributed by atoms with Crippen LogP contribution < -0.4 is 5.32 Å². The summed E-state index contributed by atoms with van der Waals surface area (Å²) in [6.07, 6.45) is 1.24. The Kier molecular flexibility index (Phi) is 7.46. The highest BCUT2D eigenvalue weighted by atomic mass is 16.5. The molecule has 5 heteroatoms. The van der Waals surface area contributed by atoms with E-state index in [1.807, 2.05) is 38.1 Å². The van der Waals surface area contributed by atoms with Crippen molar-refractivity contribution in [2.75, 3.05) is 19.8 Å². The third-order valence-electron chi connectivity index (χ3n) is 3.08. The van der Waals surface area contributed by atoms with E-state index in [9.17, 15) is 14.7 Å². The molecule has 1 aromatic rings. The SMILES string of the molecule is CCCOCC(=O)NCC(Cc1ccc(C)cc1)C(=O)O. The highest BCUT2D eigenvalue weighted by Crippen LogP contribution is 2.10. The van der Waals surface area contributed by atoms with Crippen molar-refractivity contribution < 1.29 is 19.4 Å². The average molecular weight is 293 g/mol. The lowest BCUT2D eigenvalue weighted by Gasteiger charge is -2.14. The van der Waals surface area contributed by atoms with Gasteiger partial charge in [-0.15, -0.1) is 0 Å². The molecule has 0 radical (unpaired) electrons. The van der Waals surface area contributed by atoms with Crippen LogP contribution in [0, 0.1) is 12.8 Å². The van der Waals surface area contributed by atoms with E-state index < -0.39 is 11.9 Å². The smallest absolute Gasteiger partial charge is 0.308 e. The van der Waals surface area contributed by atoms with E-state index in [1.165, 1.54) is 0 Å². The van der Waals surface area contributed by atoms with Gasteiger partial charge in [0, 0.05) is 13.2 Å². The second-order valence-corrected chi connectivity index (χ2v) is 5.08. The maximum absolute atomic E-state index is 11.5. The van der Waals surface area contributed by atoms with E-state index in [1.54, 1.807) is 0 Å². The van der Waals surface area contributed by atoms with E-state index in [-0.39, 0.29) is 19.1 Å². The number of aryl methyl sites for hydroxylation is 1. The Bertz CT molecular complexity index is 456. The zero-order chi connectivity index (χ0) is 15.7. The van der Waals surface area contributed by atoms with Crippen molar-refractivity contribution in [1.29, 1.82) is 0 Å². The molecule has 0 bridgehead atoms. The van der Waals surface area contributed by atoms with Crippen LogP contribution in [0.1, 0.15) is 24.5 Å². The summed E-state index contributed by atoms with van der Waals surface area (Å²) >= 11 is 0. The number of hydrogen-bond donors (Lipinski definition) is 2. The Hall–Kier alpha value is -1.88. The fourth-order valence-electron chi connectivity index (χ4n) is 1.85. The Labute approximate surface area is 125 Å². The van der Waals surface area contributed by atoms with E-state index in [0.717, 1.165) is 17.5 Å². The molecule has 0 aliphatic heterocycles. The first-order valence-corrected chi connectivity index (χ1v) is 7.15. The lowest BCUT2D eigenvalue weighted by Crippen LogP contribution is -2.36. The molecular weight excluding hydrogens is 270 g/mol. The maximum Gasteiger partial charge on any atom is 0.308 e. The molecule has 116 valence electrons. The van der Waals surface area contributed by atoms with Crippen LogP contribution in [-0.2, 0) is 20.7 Å². The summed E-state index contributed by atoms with van der Waals surface area (Å²) < 4.78 is 5.11. The molecule has 0 saturated carbocycles. The Balaban J connectivity index is 2.45. The topological polar surface area (TPSA) is 75.6 Å². The molecule has 1 aromatic carbocycles. The second-order valence-electron chi connectivity index (χ2n) is 5.08. The van der Waals surface area contributed by atoms with Gasteiger partial charge in [-0.25, -0.2) is 0 Å². The van der Waals surface area contributed by atoms with Gasteiger partial charge in [0.25, 0.3) is 0 Å². The Morgan fingerprint density at radius 2 is 1.95 bits per heavy atom. The van der Waals surface area contributed by atoms with Crippen molar-refractivity contribution in [2.45, 2.75) is 26.7 Å². The lowest BCUT2D eigenvalue weighted by molar-refractivity contribution is -0.141. The number of hydrogen-bond acceptors (Lipinski definition) is 3. The third-order valence-corrected chi connectivity index (χ3v) is 3.08. The summed E-state index contributed by atoms with van der Waals surface area (Å²) in [5, 5.41) is 11.8. The predicted octanol–water partition coefficient (Wildman–Crippen LogP) is 1.78. The summed E-state index contributed by atoms with van der Waals surface area (Å²) in [4.78, 5) is 22.8. The van der Waals surface area contributed by atoms with Gasteiger partial charge in [0.15, 0.2) is 0 Å². The van der Waals surface area contributed by atoms with Gasteiger partial charge in [-0.1, -0.05) is 36.8 Å². The first kappa shape index (κ1) is 17.2. The molecule has 1 amide bonds. The van der Waals surface area contributed by atoms with Gasteiger partial charge in [0.1, 0.15) is 6.61 Å². The first-order chi connectivity index (χ1) is 10.0. The highest BCUT2D eigenvalue weighted by molar-refractivity contribution is 5.78. The van der Waals surface area contributed by atoms with Gasteiger partial charge < -0.3 is 15.2 Å². The van der Waals surface area contributed by atoms with Gasteiger partial charge >= 0.3 is 5.97 Å². The number of benzene rings is 1. The first-order valence-electron chi connectivity index (χ1n) is 7.15. The lowest BCUT2D eigenvalue weighted by atomic mass is 9.98. The molecule has 5 nitrogen and oxygen atoms in total. The minimum atomic E-state index is -0.912. The van der Waals surface area contributed by atoms with Crippen molar-refractivity contribution in [3.8, 4) is 0 Å². The van der Waals surface area contributed by atoms with Gasteiger partial charge in [-0.05, 0) is 25.3 Å². The summed E-state index contributed by atoms with van der Waals surface area (Å²) in [6, 6.07) is 7.73. The fraction of sp³-hybridized carbons (Fsp3) is 0.500. The molecule has 1 unspecified atom stereocenters. The molecule has 0 aliphatic carbocycles. The van der Waals surface area contributed by atoms with Crippen LogP contribution in [0.15, 0.2) is 24.3 Å². The average Bonchev–Trinajstić information content (AvgIpc) is 2.45. The Morgan fingerprint density at radius 3 is 2.52 bits per heavy atom. The van der Waals surface area contributed by atoms with Crippen molar-refractivity contribution in [1.82, 2.24) is 5.32 Å². The quantitative estimate of drug-likeness (QED) is 0.681. The normalized spacial score (nSPS) is 11.9. The zero-order valence-electron chi connectivity index (χ0n) is 12.6. The largest absolute Gasteiger partial charge is 0.481 e. The van der Waals surface area contributed by atoms with Crippen molar-refractivity contribution >= 4 is 11.9 Å². The van der Waals surface area contributed by atoms with Crippen LogP contribution in [0.3, 0.4) is 0 Å². The standard InChI is InChI=1S/C16H23NO4/c1-3-8-21-11-15(18)17-10-14(16(19)20)9-13-6-4-12(2)5-7-13/h4-7,14H,3,8-11H2,1-2H3,(H,17,18)(H,19,20). The number of nitrogens with one attached hydrogen (secondary N) is 1. The summed E-state index contributed by atoms with van der Waals surface area (Å²) in [5.41, 5.74) is 2.08. The minimum Gasteiger partial charge on any atom is -0.481 e. The summed E-state index contributed by atoms with van der Waals surface area (Å²) in [6.45, 7) is 4.55. The number of carboxylic acid groups (broad SMARTS) is 1. The van der Waals surface area contributed by atoms with Gasteiger partial charge in [-0.2, -0.15) is 0 Å². The summed E-state index contributed by atoms with van der Waals surface area (Å²) in [7, 11) is 0. The number of rotatable bonds is 9. The fourth-order valence-corrected chi connectivity index (χ4v) is 1.85. The van der Waals surface area contributed by atoms with Crippen LogP contribution in [0.25, 0.3) is 0 Å². The van der Waals surface area contributed by atoms with Crippen LogP contribution in [-0.4, -0.2) is 36.7 Å². The molecule has 0 aliphatic rings. The summed E-state index contributed by atoms with van der Waals surface area (Å²) in [5.74, 6) is -1.83. The van der Waals surface area contributed by atoms with Gasteiger partial charge in [-0.3, -0.25) is 9.59 Å². The molecule has 0 spiro atoms. The number of carbonyl (C=O) groups excluding carboxylic acids is 1. The van der Waals surface area contributed by atoms with Crippen LogP contribution in [0.2, 0.25) is 0 Å². The number of carbonyl (C=O) groups is 2. The van der Waals surface area contributed by atoms with Gasteiger partial charge in [0.2, 0.25) is 5.91 Å². The molecule has 21 heavy (non-hydrogen) atoms. The molecule has 2 N–H and O–H groups in total. The number of aliphatic carboxylic acids is 1. The maximum atomic E-state index is 11.5. The van der Waals surface area contributed by atoms with E-state index in [0.29, 0.717) is 13.0 Å². The number of amides is 1. The zero-order valence-corrected chi connectivity index (χ0v) is 12.6.